The van der Waals surface area contributed by atoms with Gasteiger partial charge in [0.15, 0.2) is 0 Å². The van der Waals surface area contributed by atoms with E-state index in [4.69, 9.17) is 0 Å². The van der Waals surface area contributed by atoms with Gasteiger partial charge in [-0.2, -0.15) is 12.8 Å². The third-order valence-corrected chi connectivity index (χ3v) is 7.99. The van der Waals surface area contributed by atoms with Crippen molar-refractivity contribution in [3.05, 3.63) is 6.42 Å². The molecule has 0 aliphatic heterocycles. The van der Waals surface area contributed by atoms with Gasteiger partial charge < -0.3 is 6.42 Å². The summed E-state index contributed by atoms with van der Waals surface area (Å²) in [6, 6.07) is 0. The zero-order valence-electron chi connectivity index (χ0n) is 29.5. The van der Waals surface area contributed by atoms with E-state index in [1.165, 1.54) is 12.8 Å². The standard InChI is InChI=1S/2C9H20.C9H19.C8H18.Y/c2*1-7(2)6-9(5)8(3)4;1-6-9(7(2)3)8(4)5;1-6(2)8(5)7(3)4;/h2*7-9H,6H2,1-5H3;6-9H,1-5H3;6-8H,1-5H3;/q;;-1;;/t2*9-;;;/m11.../s1. The van der Waals surface area contributed by atoms with Crippen LogP contribution in [-0.2, 0) is 32.7 Å². The van der Waals surface area contributed by atoms with Crippen molar-refractivity contribution in [3.63, 3.8) is 0 Å². The molecular weight excluding hydrogens is 509 g/mol. The molecule has 0 saturated heterocycles. The summed E-state index contributed by atoms with van der Waals surface area (Å²) in [6.07, 6.45) is 5.06. The van der Waals surface area contributed by atoms with Crippen LogP contribution in [0.15, 0.2) is 0 Å². The number of hydrogen-bond donors (Lipinski definition) is 0. The maximum absolute atomic E-state index is 2.34. The van der Waals surface area contributed by atoms with E-state index in [0.717, 1.165) is 71.0 Å². The van der Waals surface area contributed by atoms with Crippen LogP contribution >= 0.6 is 0 Å². The Morgan fingerprint density at radius 1 is 0.389 bits per heavy atom. The van der Waals surface area contributed by atoms with Gasteiger partial charge in [-0.3, -0.25) is 0 Å². The zero-order valence-corrected chi connectivity index (χ0v) is 32.3. The molecule has 0 aliphatic rings. The van der Waals surface area contributed by atoms with Crippen LogP contribution in [0.5, 0.6) is 0 Å². The van der Waals surface area contributed by atoms with Crippen molar-refractivity contribution in [2.45, 2.75) is 151 Å². The molecule has 0 unspecified atom stereocenters. The van der Waals surface area contributed by atoms with Gasteiger partial charge in [-0.25, -0.2) is 0 Å². The quantitative estimate of drug-likeness (QED) is 0.211. The van der Waals surface area contributed by atoms with Gasteiger partial charge in [0.1, 0.15) is 0 Å². The van der Waals surface area contributed by atoms with Crippen LogP contribution in [0.2, 0.25) is 0 Å². The first-order chi connectivity index (χ1) is 15.7. The van der Waals surface area contributed by atoms with Crippen molar-refractivity contribution < 1.29 is 32.7 Å². The van der Waals surface area contributed by atoms with Crippen LogP contribution in [0.4, 0.5) is 0 Å². The molecule has 0 saturated carbocycles. The number of rotatable bonds is 11. The molecule has 0 aromatic heterocycles. The second-order valence-corrected chi connectivity index (χ2v) is 14.4. The molecular formula is C35H77Y-. The van der Waals surface area contributed by atoms with E-state index in [1.807, 2.05) is 0 Å². The minimum absolute atomic E-state index is 0. The Hall–Kier alpha value is 1.10. The van der Waals surface area contributed by atoms with Crippen molar-refractivity contribution in [2.75, 3.05) is 0 Å². The first-order valence-electron chi connectivity index (χ1n) is 15.5. The molecule has 0 heterocycles. The first kappa shape index (κ1) is 46.9. The molecule has 1 heteroatoms. The van der Waals surface area contributed by atoms with E-state index in [0.29, 0.717) is 0 Å². The molecule has 0 aliphatic carbocycles. The van der Waals surface area contributed by atoms with Crippen molar-refractivity contribution in [2.24, 2.45) is 71.0 Å². The summed E-state index contributed by atoms with van der Waals surface area (Å²) in [7, 11) is 0. The van der Waals surface area contributed by atoms with Gasteiger partial charge >= 0.3 is 0 Å². The molecule has 0 amide bonds. The Labute approximate surface area is 260 Å². The Balaban J connectivity index is -0.000000118. The van der Waals surface area contributed by atoms with E-state index in [9.17, 15) is 0 Å². The fourth-order valence-electron chi connectivity index (χ4n) is 4.34. The zero-order chi connectivity index (χ0) is 29.0. The molecule has 0 aromatic rings. The van der Waals surface area contributed by atoms with Crippen molar-refractivity contribution in [3.8, 4) is 0 Å². The van der Waals surface area contributed by atoms with Crippen LogP contribution in [-0.4, -0.2) is 0 Å². The summed E-state index contributed by atoms with van der Waals surface area (Å²) >= 11 is 0. The SMILES string of the molecule is CC(C)C(C)C(C)C.CC(C)C[C@@H](C)C(C)C.CC(C)C[C@@H](C)C(C)C.C[CH-]C(C(C)C)C(C)C.[Y]. The van der Waals surface area contributed by atoms with Crippen LogP contribution in [0, 0.1) is 77.4 Å². The monoisotopic (exact) mass is 587 g/mol. The van der Waals surface area contributed by atoms with Gasteiger partial charge in [-0.1, -0.05) is 143 Å². The van der Waals surface area contributed by atoms with Gasteiger partial charge in [0, 0.05) is 32.7 Å². The Kier molecular flexibility index (Phi) is 36.1. The van der Waals surface area contributed by atoms with Gasteiger partial charge in [-0.05, 0) is 66.1 Å². The van der Waals surface area contributed by atoms with Crippen LogP contribution in [0.1, 0.15) is 151 Å². The molecule has 0 fully saturated rings. The Morgan fingerprint density at radius 2 is 0.639 bits per heavy atom. The van der Waals surface area contributed by atoms with Crippen LogP contribution in [0.3, 0.4) is 0 Å². The molecule has 2 atom stereocenters. The Bertz CT molecular complexity index is 367. The molecule has 0 nitrogen and oxygen atoms in total. The summed E-state index contributed by atoms with van der Waals surface area (Å²) in [4.78, 5) is 0. The predicted octanol–water partition coefficient (Wildman–Crippen LogP) is 12.7. The van der Waals surface area contributed by atoms with Gasteiger partial charge in [0.05, 0.1) is 0 Å². The largest absolute Gasteiger partial charge is 0.328 e. The molecule has 221 valence electrons. The van der Waals surface area contributed by atoms with E-state index in [2.05, 4.69) is 145 Å². The third-order valence-electron chi connectivity index (χ3n) is 7.99. The summed E-state index contributed by atoms with van der Waals surface area (Å²) in [6.45, 7) is 45.8. The van der Waals surface area contributed by atoms with Crippen molar-refractivity contribution >= 4 is 0 Å². The normalized spacial score (nSPS) is 13.2. The Morgan fingerprint density at radius 3 is 0.667 bits per heavy atom. The third kappa shape index (κ3) is 33.1. The van der Waals surface area contributed by atoms with E-state index < -0.39 is 0 Å². The topological polar surface area (TPSA) is 0 Å². The first-order valence-corrected chi connectivity index (χ1v) is 15.5. The minimum atomic E-state index is 0. The summed E-state index contributed by atoms with van der Waals surface area (Å²) in [5.74, 6) is 10.2. The predicted molar refractivity (Wildman–Crippen MR) is 169 cm³/mol. The maximum Gasteiger partial charge on any atom is 0 e. The molecule has 1 radical (unpaired) electrons. The average Bonchev–Trinajstić information content (AvgIpc) is 2.67. The summed E-state index contributed by atoms with van der Waals surface area (Å²) < 4.78 is 0. The average molecular weight is 587 g/mol. The summed E-state index contributed by atoms with van der Waals surface area (Å²) in [5.41, 5.74) is 0. The molecule has 0 aromatic carbocycles. The second kappa shape index (κ2) is 27.7. The fourth-order valence-corrected chi connectivity index (χ4v) is 4.34. The molecule has 0 N–H and O–H groups in total. The molecule has 36 heavy (non-hydrogen) atoms. The van der Waals surface area contributed by atoms with E-state index >= 15 is 0 Å². The van der Waals surface area contributed by atoms with Crippen LogP contribution < -0.4 is 0 Å². The molecule has 0 rings (SSSR count). The second-order valence-electron chi connectivity index (χ2n) is 14.4. The maximum atomic E-state index is 2.34. The van der Waals surface area contributed by atoms with Crippen LogP contribution in [0.25, 0.3) is 0 Å². The smallest absolute Gasteiger partial charge is 0 e. The van der Waals surface area contributed by atoms with Crippen molar-refractivity contribution in [1.29, 1.82) is 0 Å². The van der Waals surface area contributed by atoms with E-state index in [1.54, 1.807) is 0 Å². The van der Waals surface area contributed by atoms with Gasteiger partial charge in [-0.15, -0.1) is 0 Å². The van der Waals surface area contributed by atoms with Gasteiger partial charge in [0.25, 0.3) is 0 Å². The fraction of sp³-hybridized carbons (Fsp3) is 0.971. The van der Waals surface area contributed by atoms with Crippen molar-refractivity contribution in [1.82, 2.24) is 0 Å². The molecule has 0 spiro atoms. The van der Waals surface area contributed by atoms with E-state index in [-0.39, 0.29) is 32.7 Å². The molecule has 0 bridgehead atoms. The van der Waals surface area contributed by atoms with Gasteiger partial charge in [0.2, 0.25) is 0 Å². The summed E-state index contributed by atoms with van der Waals surface area (Å²) in [5, 5.41) is 0. The minimum Gasteiger partial charge on any atom is -0.328 e. The number of hydrogen-bond acceptors (Lipinski definition) is 0.